The van der Waals surface area contributed by atoms with Crippen molar-refractivity contribution >= 4 is 38.6 Å². The van der Waals surface area contributed by atoms with Crippen LogP contribution in [0.25, 0.3) is 0 Å². The summed E-state index contributed by atoms with van der Waals surface area (Å²) in [5, 5.41) is 3.43. The van der Waals surface area contributed by atoms with Crippen LogP contribution in [0.1, 0.15) is 24.4 Å². The van der Waals surface area contributed by atoms with Crippen LogP contribution in [0.3, 0.4) is 0 Å². The van der Waals surface area contributed by atoms with Crippen LogP contribution < -0.4 is 10.0 Å². The average molecular weight is 337 g/mol. The summed E-state index contributed by atoms with van der Waals surface area (Å²) in [5.41, 5.74) is 0.973. The quantitative estimate of drug-likeness (QED) is 0.900. The third-order valence-electron chi connectivity index (χ3n) is 3.65. The molecule has 1 aromatic carbocycles. The summed E-state index contributed by atoms with van der Waals surface area (Å²) in [6, 6.07) is 5.18. The van der Waals surface area contributed by atoms with E-state index < -0.39 is 15.4 Å². The second-order valence-corrected chi connectivity index (χ2v) is 8.76. The van der Waals surface area contributed by atoms with E-state index in [0.717, 1.165) is 16.9 Å². The number of thiazole rings is 1. The average Bonchev–Trinajstić information content (AvgIpc) is 2.95. The predicted octanol–water partition coefficient (Wildman–Crippen LogP) is 2.48. The predicted molar refractivity (Wildman–Crippen MR) is 85.8 cm³/mol. The SMILES string of the molecule is Cc1ncc(S(=O)(=O)Nc2cccc3c2NC(=O)C3(C)C)s1. The summed E-state index contributed by atoms with van der Waals surface area (Å²) in [6.07, 6.45) is 1.33. The molecule has 2 aromatic rings. The molecule has 116 valence electrons. The Bertz CT molecular complexity index is 869. The maximum atomic E-state index is 12.4. The lowest BCUT2D eigenvalue weighted by Crippen LogP contribution is -2.26. The number of amides is 1. The van der Waals surface area contributed by atoms with Gasteiger partial charge in [-0.2, -0.15) is 0 Å². The molecule has 0 atom stereocenters. The van der Waals surface area contributed by atoms with Crippen LogP contribution in [0.5, 0.6) is 0 Å². The van der Waals surface area contributed by atoms with E-state index in [9.17, 15) is 13.2 Å². The Morgan fingerprint density at radius 2 is 2.05 bits per heavy atom. The smallest absolute Gasteiger partial charge is 0.273 e. The van der Waals surface area contributed by atoms with Gasteiger partial charge >= 0.3 is 0 Å². The van der Waals surface area contributed by atoms with Crippen LogP contribution in [0.2, 0.25) is 0 Å². The molecule has 0 saturated heterocycles. The number of rotatable bonds is 3. The molecule has 1 amide bonds. The van der Waals surface area contributed by atoms with E-state index in [1.54, 1.807) is 32.9 Å². The van der Waals surface area contributed by atoms with Crippen molar-refractivity contribution in [1.29, 1.82) is 0 Å². The summed E-state index contributed by atoms with van der Waals surface area (Å²) < 4.78 is 27.5. The first-order chi connectivity index (χ1) is 10.2. The van der Waals surface area contributed by atoms with Gasteiger partial charge < -0.3 is 5.32 Å². The number of aromatic nitrogens is 1. The second kappa shape index (κ2) is 4.79. The number of carbonyl (C=O) groups is 1. The van der Waals surface area contributed by atoms with Crippen molar-refractivity contribution in [2.45, 2.75) is 30.4 Å². The number of anilines is 2. The highest BCUT2D eigenvalue weighted by Crippen LogP contribution is 2.42. The van der Waals surface area contributed by atoms with E-state index in [-0.39, 0.29) is 10.1 Å². The van der Waals surface area contributed by atoms with E-state index in [2.05, 4.69) is 15.0 Å². The summed E-state index contributed by atoms with van der Waals surface area (Å²) in [5.74, 6) is -0.150. The molecule has 0 bridgehead atoms. The summed E-state index contributed by atoms with van der Waals surface area (Å²) in [6.45, 7) is 5.35. The molecule has 1 aliphatic rings. The molecule has 8 heteroatoms. The first-order valence-corrected chi connectivity index (χ1v) is 8.92. The summed E-state index contributed by atoms with van der Waals surface area (Å²) in [7, 11) is -3.71. The minimum atomic E-state index is -3.71. The van der Waals surface area contributed by atoms with Crippen LogP contribution in [0, 0.1) is 6.92 Å². The Hall–Kier alpha value is -1.93. The third-order valence-corrected chi connectivity index (χ3v) is 6.39. The van der Waals surface area contributed by atoms with Crippen molar-refractivity contribution < 1.29 is 13.2 Å². The van der Waals surface area contributed by atoms with Gasteiger partial charge in [0.05, 0.1) is 28.0 Å². The van der Waals surface area contributed by atoms with E-state index in [1.165, 1.54) is 6.20 Å². The van der Waals surface area contributed by atoms with Gasteiger partial charge in [0, 0.05) is 0 Å². The maximum Gasteiger partial charge on any atom is 0.273 e. The van der Waals surface area contributed by atoms with Crippen LogP contribution in [-0.2, 0) is 20.2 Å². The highest BCUT2D eigenvalue weighted by atomic mass is 32.2. The first kappa shape index (κ1) is 15.0. The molecule has 0 aliphatic carbocycles. The lowest BCUT2D eigenvalue weighted by Gasteiger charge is -2.15. The largest absolute Gasteiger partial charge is 0.323 e. The molecule has 0 saturated carbocycles. The van der Waals surface area contributed by atoms with E-state index >= 15 is 0 Å². The normalized spacial score (nSPS) is 16.2. The third kappa shape index (κ3) is 2.28. The Balaban J connectivity index is 2.02. The Labute approximate surface area is 132 Å². The van der Waals surface area contributed by atoms with Crippen LogP contribution in [0.15, 0.2) is 28.6 Å². The molecular weight excluding hydrogens is 322 g/mol. The lowest BCUT2D eigenvalue weighted by molar-refractivity contribution is -0.119. The van der Waals surface area contributed by atoms with Gasteiger partial charge in [-0.05, 0) is 32.4 Å². The fourth-order valence-corrected chi connectivity index (χ4v) is 4.53. The fraction of sp³-hybridized carbons (Fsp3) is 0.286. The van der Waals surface area contributed by atoms with Gasteiger partial charge in [0.15, 0.2) is 4.21 Å². The molecule has 2 N–H and O–H groups in total. The van der Waals surface area contributed by atoms with Gasteiger partial charge in [0.2, 0.25) is 5.91 Å². The standard InChI is InChI=1S/C14H15N3O3S2/c1-8-15-7-11(21-8)22(19,20)17-10-6-4-5-9-12(10)16-13(18)14(9,2)3/h4-7,17H,1-3H3,(H,16,18). The molecular formula is C14H15N3O3S2. The number of para-hydroxylation sites is 1. The molecule has 6 nitrogen and oxygen atoms in total. The number of nitrogens with one attached hydrogen (secondary N) is 2. The van der Waals surface area contributed by atoms with Crippen molar-refractivity contribution in [3.63, 3.8) is 0 Å². The number of sulfonamides is 1. The number of aryl methyl sites for hydroxylation is 1. The first-order valence-electron chi connectivity index (χ1n) is 6.62. The van der Waals surface area contributed by atoms with Crippen LogP contribution in [0.4, 0.5) is 11.4 Å². The van der Waals surface area contributed by atoms with Gasteiger partial charge in [-0.25, -0.2) is 13.4 Å². The fourth-order valence-electron chi connectivity index (χ4n) is 2.35. The Kier molecular flexibility index (Phi) is 3.26. The van der Waals surface area contributed by atoms with Gasteiger partial charge in [0.1, 0.15) is 0 Å². The summed E-state index contributed by atoms with van der Waals surface area (Å²) in [4.78, 5) is 16.0. The van der Waals surface area contributed by atoms with Crippen molar-refractivity contribution in [2.75, 3.05) is 10.0 Å². The molecule has 0 unspecified atom stereocenters. The zero-order valence-electron chi connectivity index (χ0n) is 12.3. The number of hydrogen-bond acceptors (Lipinski definition) is 5. The maximum absolute atomic E-state index is 12.4. The Morgan fingerprint density at radius 3 is 2.68 bits per heavy atom. The molecule has 0 spiro atoms. The minimum absolute atomic E-state index is 0.145. The highest BCUT2D eigenvalue weighted by Gasteiger charge is 2.39. The van der Waals surface area contributed by atoms with Crippen LogP contribution >= 0.6 is 11.3 Å². The molecule has 22 heavy (non-hydrogen) atoms. The molecule has 0 fully saturated rings. The topological polar surface area (TPSA) is 88.2 Å². The van der Waals surface area contributed by atoms with Crippen molar-refractivity contribution in [3.8, 4) is 0 Å². The van der Waals surface area contributed by atoms with E-state index in [4.69, 9.17) is 0 Å². The summed E-state index contributed by atoms with van der Waals surface area (Å²) >= 11 is 1.10. The molecule has 1 aliphatic heterocycles. The zero-order chi connectivity index (χ0) is 16.1. The van der Waals surface area contributed by atoms with Crippen molar-refractivity contribution in [1.82, 2.24) is 4.98 Å². The molecule has 0 radical (unpaired) electrons. The molecule has 1 aromatic heterocycles. The van der Waals surface area contributed by atoms with Gasteiger partial charge in [-0.3, -0.25) is 9.52 Å². The molecule has 3 rings (SSSR count). The van der Waals surface area contributed by atoms with Gasteiger partial charge in [-0.1, -0.05) is 12.1 Å². The number of fused-ring (bicyclic) bond motifs is 1. The van der Waals surface area contributed by atoms with E-state index in [0.29, 0.717) is 16.4 Å². The number of carbonyl (C=O) groups excluding carboxylic acids is 1. The van der Waals surface area contributed by atoms with Crippen LogP contribution in [-0.4, -0.2) is 19.3 Å². The van der Waals surface area contributed by atoms with E-state index in [1.807, 2.05) is 6.07 Å². The minimum Gasteiger partial charge on any atom is -0.323 e. The number of nitrogens with zero attached hydrogens (tertiary/aromatic N) is 1. The number of hydrogen-bond donors (Lipinski definition) is 2. The monoisotopic (exact) mass is 337 g/mol. The second-order valence-electron chi connectivity index (χ2n) is 5.61. The van der Waals surface area contributed by atoms with Crippen molar-refractivity contribution in [2.24, 2.45) is 0 Å². The number of benzene rings is 1. The van der Waals surface area contributed by atoms with Crippen molar-refractivity contribution in [3.05, 3.63) is 35.0 Å². The zero-order valence-corrected chi connectivity index (χ0v) is 13.9. The van der Waals surface area contributed by atoms with Gasteiger partial charge in [0.25, 0.3) is 10.0 Å². The highest BCUT2D eigenvalue weighted by molar-refractivity contribution is 7.94. The lowest BCUT2D eigenvalue weighted by atomic mass is 9.86. The van der Waals surface area contributed by atoms with Gasteiger partial charge in [-0.15, -0.1) is 11.3 Å². The Morgan fingerprint density at radius 1 is 1.32 bits per heavy atom. The molecule has 2 heterocycles.